The predicted octanol–water partition coefficient (Wildman–Crippen LogP) is 2.57. The second kappa shape index (κ2) is 4.42. The van der Waals surface area contributed by atoms with Crippen LogP contribution in [0.4, 0.5) is 0 Å². The Morgan fingerprint density at radius 2 is 1.53 bits per heavy atom. The highest BCUT2D eigenvalue weighted by atomic mass is 16.5. The van der Waals surface area contributed by atoms with E-state index in [4.69, 9.17) is 10.5 Å². The monoisotopic (exact) mass is 211 g/mol. The summed E-state index contributed by atoms with van der Waals surface area (Å²) in [6.45, 7) is 6.50. The van der Waals surface area contributed by atoms with Crippen molar-refractivity contribution in [3.05, 3.63) is 0 Å². The van der Waals surface area contributed by atoms with E-state index in [0.29, 0.717) is 0 Å². The van der Waals surface area contributed by atoms with Crippen molar-refractivity contribution in [2.45, 2.75) is 51.5 Å². The van der Waals surface area contributed by atoms with Gasteiger partial charge in [0.05, 0.1) is 0 Å². The molecular formula is C13H25NO. The van der Waals surface area contributed by atoms with Crippen molar-refractivity contribution < 1.29 is 4.74 Å². The fourth-order valence-electron chi connectivity index (χ4n) is 3.58. The zero-order valence-corrected chi connectivity index (χ0v) is 10.2. The average molecular weight is 211 g/mol. The molecule has 0 spiro atoms. The summed E-state index contributed by atoms with van der Waals surface area (Å²) in [7, 11) is 0. The lowest BCUT2D eigenvalue weighted by Crippen LogP contribution is -2.53. The van der Waals surface area contributed by atoms with E-state index >= 15 is 0 Å². The molecule has 1 saturated heterocycles. The third-order valence-electron chi connectivity index (χ3n) is 4.42. The lowest BCUT2D eigenvalue weighted by atomic mass is 9.66. The van der Waals surface area contributed by atoms with Crippen LogP contribution >= 0.6 is 0 Å². The molecule has 0 aromatic heterocycles. The molecule has 1 heterocycles. The molecule has 15 heavy (non-hydrogen) atoms. The van der Waals surface area contributed by atoms with Crippen molar-refractivity contribution in [2.24, 2.45) is 23.5 Å². The Bertz CT molecular complexity index is 201. The van der Waals surface area contributed by atoms with E-state index in [0.717, 1.165) is 43.8 Å². The second-order valence-electron chi connectivity index (χ2n) is 5.96. The molecule has 0 amide bonds. The Labute approximate surface area is 93.6 Å². The highest BCUT2D eigenvalue weighted by Gasteiger charge is 2.39. The molecule has 2 rings (SSSR count). The van der Waals surface area contributed by atoms with Gasteiger partial charge in [-0.15, -0.1) is 0 Å². The molecule has 2 N–H and O–H groups in total. The van der Waals surface area contributed by atoms with Crippen LogP contribution in [-0.4, -0.2) is 18.8 Å². The van der Waals surface area contributed by atoms with Crippen molar-refractivity contribution >= 4 is 0 Å². The van der Waals surface area contributed by atoms with Gasteiger partial charge in [-0.3, -0.25) is 0 Å². The van der Waals surface area contributed by atoms with Crippen molar-refractivity contribution in [2.75, 3.05) is 13.2 Å². The minimum atomic E-state index is 0.0845. The number of hydrogen-bond donors (Lipinski definition) is 1. The minimum absolute atomic E-state index is 0.0845. The van der Waals surface area contributed by atoms with Gasteiger partial charge in [-0.05, 0) is 49.9 Å². The van der Waals surface area contributed by atoms with Gasteiger partial charge in [0.15, 0.2) is 0 Å². The number of rotatable bonds is 1. The summed E-state index contributed by atoms with van der Waals surface area (Å²) in [4.78, 5) is 0. The van der Waals surface area contributed by atoms with Crippen molar-refractivity contribution in [1.29, 1.82) is 0 Å². The lowest BCUT2D eigenvalue weighted by Gasteiger charge is -2.45. The maximum absolute atomic E-state index is 6.58. The van der Waals surface area contributed by atoms with Gasteiger partial charge in [-0.2, -0.15) is 0 Å². The van der Waals surface area contributed by atoms with Crippen LogP contribution in [0.5, 0.6) is 0 Å². The van der Waals surface area contributed by atoms with Crippen LogP contribution in [0.1, 0.15) is 46.0 Å². The van der Waals surface area contributed by atoms with Crippen LogP contribution in [0.2, 0.25) is 0 Å². The summed E-state index contributed by atoms with van der Waals surface area (Å²) >= 11 is 0. The molecular weight excluding hydrogens is 186 g/mol. The highest BCUT2D eigenvalue weighted by Crippen LogP contribution is 2.41. The first-order valence-electron chi connectivity index (χ1n) is 6.47. The van der Waals surface area contributed by atoms with Gasteiger partial charge in [-0.1, -0.05) is 13.8 Å². The van der Waals surface area contributed by atoms with E-state index in [2.05, 4.69) is 13.8 Å². The Balaban J connectivity index is 2.01. The summed E-state index contributed by atoms with van der Waals surface area (Å²) in [5.41, 5.74) is 6.66. The zero-order valence-electron chi connectivity index (χ0n) is 10.2. The minimum Gasteiger partial charge on any atom is -0.381 e. The molecule has 2 unspecified atom stereocenters. The molecule has 0 aromatic carbocycles. The second-order valence-corrected chi connectivity index (χ2v) is 5.96. The molecule has 2 fully saturated rings. The molecule has 2 aliphatic rings. The van der Waals surface area contributed by atoms with Crippen LogP contribution in [0.15, 0.2) is 0 Å². The Kier molecular flexibility index (Phi) is 3.36. The van der Waals surface area contributed by atoms with Gasteiger partial charge in [0, 0.05) is 18.8 Å². The van der Waals surface area contributed by atoms with Gasteiger partial charge in [-0.25, -0.2) is 0 Å². The van der Waals surface area contributed by atoms with Crippen molar-refractivity contribution in [1.82, 2.24) is 0 Å². The SMILES string of the molecule is CC1CC(C)CC(C2(N)CCOCC2)C1. The van der Waals surface area contributed by atoms with Gasteiger partial charge in [0.1, 0.15) is 0 Å². The van der Waals surface area contributed by atoms with Gasteiger partial charge >= 0.3 is 0 Å². The Hall–Kier alpha value is -0.0800. The van der Waals surface area contributed by atoms with Crippen molar-refractivity contribution in [3.63, 3.8) is 0 Å². The summed E-state index contributed by atoms with van der Waals surface area (Å²) < 4.78 is 5.43. The average Bonchev–Trinajstić information content (AvgIpc) is 2.17. The smallest absolute Gasteiger partial charge is 0.0483 e. The van der Waals surface area contributed by atoms with Gasteiger partial charge in [0.2, 0.25) is 0 Å². The van der Waals surface area contributed by atoms with Crippen LogP contribution in [0, 0.1) is 17.8 Å². The van der Waals surface area contributed by atoms with E-state index in [9.17, 15) is 0 Å². The lowest BCUT2D eigenvalue weighted by molar-refractivity contribution is 0.0101. The highest BCUT2D eigenvalue weighted by molar-refractivity contribution is 4.96. The number of ether oxygens (including phenoxy) is 1. The first kappa shape index (κ1) is 11.4. The fraction of sp³-hybridized carbons (Fsp3) is 1.00. The normalized spacial score (nSPS) is 41.4. The first-order chi connectivity index (χ1) is 7.10. The number of nitrogens with two attached hydrogens (primary N) is 1. The summed E-state index contributed by atoms with van der Waals surface area (Å²) in [6, 6.07) is 0. The number of hydrogen-bond acceptors (Lipinski definition) is 2. The fourth-order valence-corrected chi connectivity index (χ4v) is 3.58. The molecule has 0 aromatic rings. The molecule has 1 aliphatic heterocycles. The topological polar surface area (TPSA) is 35.2 Å². The van der Waals surface area contributed by atoms with Crippen LogP contribution < -0.4 is 5.73 Å². The van der Waals surface area contributed by atoms with E-state index in [1.807, 2.05) is 0 Å². The summed E-state index contributed by atoms with van der Waals surface area (Å²) in [5.74, 6) is 2.46. The standard InChI is InChI=1S/C13H25NO/c1-10-7-11(2)9-12(8-10)13(14)3-5-15-6-4-13/h10-12H,3-9,14H2,1-2H3. The van der Waals surface area contributed by atoms with Crippen LogP contribution in [-0.2, 0) is 4.74 Å². The molecule has 2 nitrogen and oxygen atoms in total. The quantitative estimate of drug-likeness (QED) is 0.723. The Morgan fingerprint density at radius 3 is 2.07 bits per heavy atom. The van der Waals surface area contributed by atoms with E-state index < -0.39 is 0 Å². The maximum atomic E-state index is 6.58. The molecule has 0 bridgehead atoms. The summed E-state index contributed by atoms with van der Waals surface area (Å²) in [6.07, 6.45) is 6.19. The van der Waals surface area contributed by atoms with Crippen LogP contribution in [0.25, 0.3) is 0 Å². The summed E-state index contributed by atoms with van der Waals surface area (Å²) in [5, 5.41) is 0. The molecule has 88 valence electrons. The largest absolute Gasteiger partial charge is 0.381 e. The Morgan fingerprint density at radius 1 is 1.00 bits per heavy atom. The van der Waals surface area contributed by atoms with Crippen molar-refractivity contribution in [3.8, 4) is 0 Å². The molecule has 2 atom stereocenters. The molecule has 2 heteroatoms. The van der Waals surface area contributed by atoms with E-state index in [-0.39, 0.29) is 5.54 Å². The predicted molar refractivity (Wildman–Crippen MR) is 62.6 cm³/mol. The zero-order chi connectivity index (χ0) is 10.9. The van der Waals surface area contributed by atoms with Crippen LogP contribution in [0.3, 0.4) is 0 Å². The molecule has 0 radical (unpaired) electrons. The van der Waals surface area contributed by atoms with Gasteiger partial charge < -0.3 is 10.5 Å². The maximum Gasteiger partial charge on any atom is 0.0483 e. The third kappa shape index (κ3) is 2.54. The van der Waals surface area contributed by atoms with E-state index in [1.165, 1.54) is 19.3 Å². The first-order valence-corrected chi connectivity index (χ1v) is 6.47. The third-order valence-corrected chi connectivity index (χ3v) is 4.42. The molecule has 1 saturated carbocycles. The van der Waals surface area contributed by atoms with E-state index in [1.54, 1.807) is 0 Å². The van der Waals surface area contributed by atoms with Gasteiger partial charge in [0.25, 0.3) is 0 Å². The molecule has 1 aliphatic carbocycles.